The Bertz CT molecular complexity index is 539. The summed E-state index contributed by atoms with van der Waals surface area (Å²) in [5.41, 5.74) is 0. The minimum atomic E-state index is -0.210. The largest absolute Gasteiger partial charge is 0.455 e. The van der Waals surface area contributed by atoms with Gasteiger partial charge in [-0.3, -0.25) is 4.79 Å². The first-order chi connectivity index (χ1) is 9.79. The van der Waals surface area contributed by atoms with E-state index in [1.54, 1.807) is 24.9 Å². The van der Waals surface area contributed by atoms with E-state index in [1.165, 1.54) is 4.90 Å². The number of carbonyl (C=O) groups excluding carboxylic acids is 1. The lowest BCUT2D eigenvalue weighted by atomic mass is 10.4. The first kappa shape index (κ1) is 14.7. The van der Waals surface area contributed by atoms with Crippen LogP contribution in [0.2, 0.25) is 0 Å². The van der Waals surface area contributed by atoms with Gasteiger partial charge >= 0.3 is 0 Å². The van der Waals surface area contributed by atoms with Crippen LogP contribution in [0.5, 0.6) is 0 Å². The van der Waals surface area contributed by atoms with Gasteiger partial charge in [0.05, 0.1) is 12.4 Å². The maximum atomic E-state index is 11.7. The van der Waals surface area contributed by atoms with E-state index in [4.69, 9.17) is 9.15 Å². The van der Waals surface area contributed by atoms with Crippen LogP contribution < -0.4 is 5.32 Å². The molecule has 2 aromatic rings. The third kappa shape index (κ3) is 4.43. The van der Waals surface area contributed by atoms with Gasteiger partial charge < -0.3 is 14.5 Å². The van der Waals surface area contributed by atoms with Crippen molar-refractivity contribution in [1.29, 1.82) is 0 Å². The second-order valence-electron chi connectivity index (χ2n) is 4.12. The van der Waals surface area contributed by atoms with Crippen molar-refractivity contribution in [2.24, 2.45) is 0 Å². The molecule has 0 fully saturated rings. The van der Waals surface area contributed by atoms with Crippen molar-refractivity contribution in [2.75, 3.05) is 20.3 Å². The van der Waals surface area contributed by atoms with E-state index in [0.717, 1.165) is 5.76 Å². The van der Waals surface area contributed by atoms with E-state index in [-0.39, 0.29) is 5.91 Å². The van der Waals surface area contributed by atoms with Crippen molar-refractivity contribution in [1.82, 2.24) is 5.32 Å². The van der Waals surface area contributed by atoms with Crippen molar-refractivity contribution < 1.29 is 13.9 Å². The fourth-order valence-corrected chi connectivity index (χ4v) is 2.42. The normalized spacial score (nSPS) is 10.4. The lowest BCUT2D eigenvalue weighted by molar-refractivity contribution is 0.0908. The van der Waals surface area contributed by atoms with Crippen LogP contribution >= 0.6 is 11.8 Å². The van der Waals surface area contributed by atoms with Crippen LogP contribution in [0.15, 0.2) is 51.8 Å². The van der Waals surface area contributed by atoms with Crippen molar-refractivity contribution in [2.45, 2.75) is 10.6 Å². The molecule has 0 saturated heterocycles. The monoisotopic (exact) mass is 291 g/mol. The summed E-state index contributed by atoms with van der Waals surface area (Å²) in [6, 6.07) is 13.6. The molecule has 0 unspecified atom stereocenters. The van der Waals surface area contributed by atoms with E-state index in [9.17, 15) is 4.79 Å². The molecule has 20 heavy (non-hydrogen) atoms. The summed E-state index contributed by atoms with van der Waals surface area (Å²) in [6.45, 7) is 0.966. The fraction of sp³-hybridized carbons (Fsp3) is 0.267. The van der Waals surface area contributed by atoms with Gasteiger partial charge in [0, 0.05) is 18.6 Å². The summed E-state index contributed by atoms with van der Waals surface area (Å²) < 4.78 is 10.4. The third-order valence-electron chi connectivity index (χ3n) is 2.60. The Labute approximate surface area is 122 Å². The Hall–Kier alpha value is -1.72. The molecule has 4 nitrogen and oxygen atoms in total. The molecule has 5 heteroatoms. The molecule has 0 aliphatic rings. The lowest BCUT2D eigenvalue weighted by Crippen LogP contribution is -2.26. The first-order valence-electron chi connectivity index (χ1n) is 6.33. The zero-order valence-electron chi connectivity index (χ0n) is 11.3. The maximum absolute atomic E-state index is 11.7. The molecule has 0 bridgehead atoms. The van der Waals surface area contributed by atoms with Crippen LogP contribution in [0.25, 0.3) is 0 Å². The summed E-state index contributed by atoms with van der Waals surface area (Å²) in [4.78, 5) is 12.9. The highest BCUT2D eigenvalue weighted by atomic mass is 32.2. The molecule has 0 aliphatic carbocycles. The molecule has 0 atom stereocenters. The Morgan fingerprint density at radius 1 is 1.25 bits per heavy atom. The number of ether oxygens (including phenoxy) is 1. The number of benzene rings is 1. The van der Waals surface area contributed by atoms with Crippen LogP contribution in [0.3, 0.4) is 0 Å². The summed E-state index contributed by atoms with van der Waals surface area (Å²) >= 11 is 1.67. The average Bonchev–Trinajstić information content (AvgIpc) is 2.95. The van der Waals surface area contributed by atoms with Gasteiger partial charge in [-0.1, -0.05) is 18.2 Å². The molecule has 106 valence electrons. The second kappa shape index (κ2) is 7.77. The minimum absolute atomic E-state index is 0.210. The summed E-state index contributed by atoms with van der Waals surface area (Å²) in [7, 11) is 1.60. The maximum Gasteiger partial charge on any atom is 0.287 e. The van der Waals surface area contributed by atoms with Crippen LogP contribution in [0.4, 0.5) is 0 Å². The van der Waals surface area contributed by atoms with Gasteiger partial charge in [-0.05, 0) is 24.3 Å². The average molecular weight is 291 g/mol. The molecular formula is C15H17NO3S. The van der Waals surface area contributed by atoms with Crippen molar-refractivity contribution in [3.63, 3.8) is 0 Å². The number of furan rings is 1. The molecule has 0 saturated carbocycles. The van der Waals surface area contributed by atoms with Crippen LogP contribution in [-0.2, 0) is 10.5 Å². The van der Waals surface area contributed by atoms with Gasteiger partial charge in [0.15, 0.2) is 5.76 Å². The molecular weight excluding hydrogens is 274 g/mol. The zero-order chi connectivity index (χ0) is 14.2. The zero-order valence-corrected chi connectivity index (χ0v) is 12.1. The van der Waals surface area contributed by atoms with E-state index in [2.05, 4.69) is 5.32 Å². The molecule has 2 rings (SSSR count). The molecule has 0 aliphatic heterocycles. The number of carbonyl (C=O) groups is 1. The molecule has 1 amide bonds. The van der Waals surface area contributed by atoms with Crippen LogP contribution in [0, 0.1) is 0 Å². The highest BCUT2D eigenvalue weighted by Gasteiger charge is 2.10. The third-order valence-corrected chi connectivity index (χ3v) is 3.64. The van der Waals surface area contributed by atoms with Crippen molar-refractivity contribution in [3.05, 3.63) is 54.0 Å². The van der Waals surface area contributed by atoms with Gasteiger partial charge in [0.25, 0.3) is 5.91 Å². The number of hydrogen-bond acceptors (Lipinski definition) is 4. The Morgan fingerprint density at radius 3 is 2.80 bits per heavy atom. The van der Waals surface area contributed by atoms with Crippen LogP contribution in [-0.4, -0.2) is 26.2 Å². The van der Waals surface area contributed by atoms with Gasteiger partial charge in [-0.2, -0.15) is 0 Å². The first-order valence-corrected chi connectivity index (χ1v) is 7.32. The number of nitrogens with one attached hydrogen (secondary N) is 1. The number of amides is 1. The number of rotatable bonds is 7. The van der Waals surface area contributed by atoms with Gasteiger partial charge in [0.1, 0.15) is 5.76 Å². The highest BCUT2D eigenvalue weighted by molar-refractivity contribution is 7.98. The molecule has 1 aromatic heterocycles. The van der Waals surface area contributed by atoms with Gasteiger partial charge in [-0.15, -0.1) is 11.8 Å². The van der Waals surface area contributed by atoms with Crippen molar-refractivity contribution >= 4 is 17.7 Å². The fourth-order valence-electron chi connectivity index (χ4n) is 1.60. The Kier molecular flexibility index (Phi) is 5.70. The highest BCUT2D eigenvalue weighted by Crippen LogP contribution is 2.23. The lowest BCUT2D eigenvalue weighted by Gasteiger charge is -2.01. The standard InChI is InChI=1S/C15H17NO3S/c1-18-10-9-16-15(17)14-8-7-12(19-14)11-20-13-5-3-2-4-6-13/h2-8H,9-11H2,1H3,(H,16,17). The van der Waals surface area contributed by atoms with E-state index in [1.807, 2.05) is 36.4 Å². The minimum Gasteiger partial charge on any atom is -0.455 e. The van der Waals surface area contributed by atoms with E-state index < -0.39 is 0 Å². The predicted octanol–water partition coefficient (Wildman–Crippen LogP) is 2.95. The summed E-state index contributed by atoms with van der Waals surface area (Å²) in [5.74, 6) is 1.62. The topological polar surface area (TPSA) is 51.5 Å². The second-order valence-corrected chi connectivity index (χ2v) is 5.17. The summed E-state index contributed by atoms with van der Waals surface area (Å²) in [6.07, 6.45) is 0. The number of methoxy groups -OCH3 is 1. The van der Waals surface area contributed by atoms with Gasteiger partial charge in [-0.25, -0.2) is 0 Å². The number of thioether (sulfide) groups is 1. The molecule has 0 radical (unpaired) electrons. The van der Waals surface area contributed by atoms with Crippen molar-refractivity contribution in [3.8, 4) is 0 Å². The molecule has 1 N–H and O–H groups in total. The van der Waals surface area contributed by atoms with E-state index in [0.29, 0.717) is 24.7 Å². The smallest absolute Gasteiger partial charge is 0.287 e. The quantitative estimate of drug-likeness (QED) is 0.629. The molecule has 0 spiro atoms. The Balaban J connectivity index is 1.84. The molecule has 1 aromatic carbocycles. The van der Waals surface area contributed by atoms with E-state index >= 15 is 0 Å². The van der Waals surface area contributed by atoms with Gasteiger partial charge in [0.2, 0.25) is 0 Å². The SMILES string of the molecule is COCCNC(=O)c1ccc(CSc2ccccc2)o1. The Morgan fingerprint density at radius 2 is 2.05 bits per heavy atom. The molecule has 1 heterocycles. The summed E-state index contributed by atoms with van der Waals surface area (Å²) in [5, 5.41) is 2.72. The van der Waals surface area contributed by atoms with Crippen LogP contribution in [0.1, 0.15) is 16.3 Å². The predicted molar refractivity (Wildman–Crippen MR) is 78.9 cm³/mol. The number of hydrogen-bond donors (Lipinski definition) is 1.